The standard InChI is InChI=1S/C13H12IN3O/c14-11-3-1-2-4-12(11)17-13(18)8-5-9(15)7-10(16)6-8/h1-7H,15-16H2,(H,17,18). The highest BCUT2D eigenvalue weighted by Gasteiger charge is 2.09. The molecule has 4 nitrogen and oxygen atoms in total. The predicted molar refractivity (Wildman–Crippen MR) is 82.4 cm³/mol. The number of amides is 1. The van der Waals surface area contributed by atoms with Gasteiger partial charge in [0.25, 0.3) is 5.91 Å². The van der Waals surface area contributed by atoms with E-state index >= 15 is 0 Å². The number of rotatable bonds is 2. The third-order valence-corrected chi connectivity index (χ3v) is 3.30. The van der Waals surface area contributed by atoms with E-state index in [1.54, 1.807) is 18.2 Å². The largest absolute Gasteiger partial charge is 0.399 e. The van der Waals surface area contributed by atoms with Crippen LogP contribution in [0.1, 0.15) is 10.4 Å². The lowest BCUT2D eigenvalue weighted by atomic mass is 10.1. The van der Waals surface area contributed by atoms with Crippen LogP contribution in [0.3, 0.4) is 0 Å². The maximum atomic E-state index is 12.0. The van der Waals surface area contributed by atoms with E-state index in [-0.39, 0.29) is 5.91 Å². The van der Waals surface area contributed by atoms with E-state index in [2.05, 4.69) is 27.9 Å². The molecule has 1 amide bonds. The Morgan fingerprint density at radius 1 is 1.06 bits per heavy atom. The second kappa shape index (κ2) is 5.26. The zero-order valence-corrected chi connectivity index (χ0v) is 11.6. The minimum atomic E-state index is -0.224. The van der Waals surface area contributed by atoms with Crippen molar-refractivity contribution in [2.75, 3.05) is 16.8 Å². The summed E-state index contributed by atoms with van der Waals surface area (Å²) < 4.78 is 0.973. The minimum Gasteiger partial charge on any atom is -0.399 e. The van der Waals surface area contributed by atoms with Gasteiger partial charge in [-0.15, -0.1) is 0 Å². The molecule has 0 spiro atoms. The number of halogens is 1. The molecule has 0 saturated heterocycles. The molecular formula is C13H12IN3O. The third-order valence-electron chi connectivity index (χ3n) is 2.36. The molecule has 0 atom stereocenters. The van der Waals surface area contributed by atoms with Crippen LogP contribution in [0.2, 0.25) is 0 Å². The summed E-state index contributed by atoms with van der Waals surface area (Å²) in [7, 11) is 0. The monoisotopic (exact) mass is 353 g/mol. The first kappa shape index (κ1) is 12.7. The van der Waals surface area contributed by atoms with Crippen LogP contribution < -0.4 is 16.8 Å². The van der Waals surface area contributed by atoms with Crippen LogP contribution in [0, 0.1) is 3.57 Å². The van der Waals surface area contributed by atoms with Gasteiger partial charge in [0.1, 0.15) is 0 Å². The van der Waals surface area contributed by atoms with E-state index < -0.39 is 0 Å². The number of nitrogen functional groups attached to an aromatic ring is 2. The Hall–Kier alpha value is -1.76. The van der Waals surface area contributed by atoms with Gasteiger partial charge < -0.3 is 16.8 Å². The predicted octanol–water partition coefficient (Wildman–Crippen LogP) is 2.71. The van der Waals surface area contributed by atoms with Crippen molar-refractivity contribution >= 4 is 45.6 Å². The fourth-order valence-corrected chi connectivity index (χ4v) is 2.09. The Morgan fingerprint density at radius 2 is 1.67 bits per heavy atom. The Kier molecular flexibility index (Phi) is 3.71. The summed E-state index contributed by atoms with van der Waals surface area (Å²) in [4.78, 5) is 12.0. The SMILES string of the molecule is Nc1cc(N)cc(C(=O)Nc2ccccc2I)c1. The second-order valence-electron chi connectivity index (χ2n) is 3.82. The Morgan fingerprint density at radius 3 is 2.28 bits per heavy atom. The summed E-state index contributed by atoms with van der Waals surface area (Å²) in [6.45, 7) is 0. The molecule has 2 aromatic rings. The summed E-state index contributed by atoms with van der Waals surface area (Å²) in [5.41, 5.74) is 13.5. The molecule has 5 N–H and O–H groups in total. The molecule has 2 rings (SSSR count). The van der Waals surface area contributed by atoms with E-state index in [4.69, 9.17) is 11.5 Å². The van der Waals surface area contributed by atoms with Crippen LogP contribution >= 0.6 is 22.6 Å². The molecule has 0 fully saturated rings. The molecule has 0 saturated carbocycles. The number of benzene rings is 2. The molecule has 18 heavy (non-hydrogen) atoms. The molecule has 0 aliphatic carbocycles. The molecule has 0 radical (unpaired) electrons. The topological polar surface area (TPSA) is 81.1 Å². The van der Waals surface area contributed by atoms with E-state index in [9.17, 15) is 4.79 Å². The van der Waals surface area contributed by atoms with Gasteiger partial charge in [0.05, 0.1) is 5.69 Å². The van der Waals surface area contributed by atoms with Gasteiger partial charge in [0, 0.05) is 20.5 Å². The van der Waals surface area contributed by atoms with Gasteiger partial charge in [-0.25, -0.2) is 0 Å². The van der Waals surface area contributed by atoms with Crippen molar-refractivity contribution in [1.82, 2.24) is 0 Å². The van der Waals surface area contributed by atoms with Crippen molar-refractivity contribution in [3.8, 4) is 0 Å². The van der Waals surface area contributed by atoms with Gasteiger partial charge in [-0.1, -0.05) is 12.1 Å². The van der Waals surface area contributed by atoms with E-state index in [1.165, 1.54) is 0 Å². The van der Waals surface area contributed by atoms with Crippen LogP contribution in [-0.2, 0) is 0 Å². The Bertz CT molecular complexity index is 578. The number of nitrogens with one attached hydrogen (secondary N) is 1. The molecule has 0 aliphatic rings. The van der Waals surface area contributed by atoms with Gasteiger partial charge in [-0.2, -0.15) is 0 Å². The lowest BCUT2D eigenvalue weighted by Crippen LogP contribution is -2.13. The molecule has 0 aromatic heterocycles. The number of carbonyl (C=O) groups is 1. The molecule has 0 bridgehead atoms. The van der Waals surface area contributed by atoms with Crippen molar-refractivity contribution in [2.24, 2.45) is 0 Å². The first-order valence-corrected chi connectivity index (χ1v) is 6.36. The fourth-order valence-electron chi connectivity index (χ4n) is 1.56. The van der Waals surface area contributed by atoms with Crippen LogP contribution in [0.4, 0.5) is 17.1 Å². The summed E-state index contributed by atoms with van der Waals surface area (Å²) >= 11 is 2.16. The van der Waals surface area contributed by atoms with Crippen molar-refractivity contribution in [2.45, 2.75) is 0 Å². The quantitative estimate of drug-likeness (QED) is 0.574. The molecule has 2 aromatic carbocycles. The van der Waals surface area contributed by atoms with Crippen LogP contribution in [-0.4, -0.2) is 5.91 Å². The molecule has 0 aliphatic heterocycles. The first-order chi connectivity index (χ1) is 8.56. The summed E-state index contributed by atoms with van der Waals surface area (Å²) in [6.07, 6.45) is 0. The van der Waals surface area contributed by atoms with Crippen LogP contribution in [0.25, 0.3) is 0 Å². The number of para-hydroxylation sites is 1. The summed E-state index contributed by atoms with van der Waals surface area (Å²) in [6, 6.07) is 12.4. The average molecular weight is 353 g/mol. The van der Waals surface area contributed by atoms with Crippen molar-refractivity contribution < 1.29 is 4.79 Å². The van der Waals surface area contributed by atoms with Gasteiger partial charge in [0.15, 0.2) is 0 Å². The normalized spacial score (nSPS) is 10.1. The average Bonchev–Trinajstić information content (AvgIpc) is 2.31. The lowest BCUT2D eigenvalue weighted by molar-refractivity contribution is 0.102. The first-order valence-electron chi connectivity index (χ1n) is 5.28. The zero-order chi connectivity index (χ0) is 13.1. The smallest absolute Gasteiger partial charge is 0.255 e. The number of nitrogens with two attached hydrogens (primary N) is 2. The number of carbonyl (C=O) groups excluding carboxylic acids is 1. The molecule has 92 valence electrons. The maximum Gasteiger partial charge on any atom is 0.255 e. The highest BCUT2D eigenvalue weighted by atomic mass is 127. The molecule has 5 heteroatoms. The number of anilines is 3. The number of hydrogen-bond acceptors (Lipinski definition) is 3. The van der Waals surface area contributed by atoms with Gasteiger partial charge in [-0.3, -0.25) is 4.79 Å². The van der Waals surface area contributed by atoms with E-state index in [1.807, 2.05) is 24.3 Å². The van der Waals surface area contributed by atoms with Gasteiger partial charge >= 0.3 is 0 Å². The molecular weight excluding hydrogens is 341 g/mol. The highest BCUT2D eigenvalue weighted by molar-refractivity contribution is 14.1. The van der Waals surface area contributed by atoms with Gasteiger partial charge in [0.2, 0.25) is 0 Å². The van der Waals surface area contributed by atoms with Crippen molar-refractivity contribution in [3.63, 3.8) is 0 Å². The Balaban J connectivity index is 2.25. The minimum absolute atomic E-state index is 0.224. The van der Waals surface area contributed by atoms with E-state index in [0.717, 1.165) is 9.26 Å². The maximum absolute atomic E-state index is 12.0. The Labute approximate surface area is 119 Å². The zero-order valence-electron chi connectivity index (χ0n) is 9.48. The van der Waals surface area contributed by atoms with Gasteiger partial charge in [-0.05, 0) is 52.9 Å². The van der Waals surface area contributed by atoms with Crippen LogP contribution in [0.15, 0.2) is 42.5 Å². The van der Waals surface area contributed by atoms with Crippen molar-refractivity contribution in [3.05, 3.63) is 51.6 Å². The molecule has 0 unspecified atom stereocenters. The fraction of sp³-hybridized carbons (Fsp3) is 0. The highest BCUT2D eigenvalue weighted by Crippen LogP contribution is 2.19. The summed E-state index contributed by atoms with van der Waals surface area (Å²) in [5.74, 6) is -0.224. The summed E-state index contributed by atoms with van der Waals surface area (Å²) in [5, 5.41) is 2.82. The van der Waals surface area contributed by atoms with Crippen molar-refractivity contribution in [1.29, 1.82) is 0 Å². The number of hydrogen-bond donors (Lipinski definition) is 3. The lowest BCUT2D eigenvalue weighted by Gasteiger charge is -2.08. The molecule has 0 heterocycles. The third kappa shape index (κ3) is 2.92. The van der Waals surface area contributed by atoms with E-state index in [0.29, 0.717) is 16.9 Å². The second-order valence-corrected chi connectivity index (χ2v) is 4.98. The van der Waals surface area contributed by atoms with Crippen LogP contribution in [0.5, 0.6) is 0 Å².